The quantitative estimate of drug-likeness (QED) is 0.723. The molecule has 2 aromatic carbocycles. The number of hydrogen-bond donors (Lipinski definition) is 2. The molecule has 0 saturated carbocycles. The molecule has 0 aliphatic carbocycles. The molecule has 0 bridgehead atoms. The van der Waals surface area contributed by atoms with Crippen LogP contribution < -0.4 is 14.8 Å². The van der Waals surface area contributed by atoms with Gasteiger partial charge in [-0.1, -0.05) is 34.1 Å². The number of halogens is 1. The Morgan fingerprint density at radius 3 is 2.46 bits per heavy atom. The lowest BCUT2D eigenvalue weighted by Gasteiger charge is -2.17. The van der Waals surface area contributed by atoms with Crippen LogP contribution in [0.5, 0.6) is 11.5 Å². The Labute approximate surface area is 149 Å². The molecule has 0 fully saturated rings. The van der Waals surface area contributed by atoms with Gasteiger partial charge in [0.15, 0.2) is 6.10 Å². The van der Waals surface area contributed by atoms with Gasteiger partial charge in [-0.05, 0) is 43.3 Å². The Kier molecular flexibility index (Phi) is 7.08. The summed E-state index contributed by atoms with van der Waals surface area (Å²) in [7, 11) is 0. The number of amides is 1. The Hall–Kier alpha value is -2.05. The zero-order valence-corrected chi connectivity index (χ0v) is 14.9. The van der Waals surface area contributed by atoms with E-state index in [9.17, 15) is 9.90 Å². The van der Waals surface area contributed by atoms with Crippen molar-refractivity contribution in [3.63, 3.8) is 0 Å². The minimum atomic E-state index is -0.797. The van der Waals surface area contributed by atoms with Crippen LogP contribution in [-0.4, -0.2) is 36.4 Å². The summed E-state index contributed by atoms with van der Waals surface area (Å²) in [6, 6.07) is 16.4. The van der Waals surface area contributed by atoms with Gasteiger partial charge in [-0.15, -0.1) is 0 Å². The lowest BCUT2D eigenvalue weighted by atomic mass is 10.3. The van der Waals surface area contributed by atoms with E-state index < -0.39 is 12.2 Å². The van der Waals surface area contributed by atoms with Crippen LogP contribution in [0.4, 0.5) is 0 Å². The van der Waals surface area contributed by atoms with Crippen LogP contribution in [0.25, 0.3) is 0 Å². The number of carbonyl (C=O) groups is 1. The molecule has 2 atom stereocenters. The molecule has 0 aliphatic rings. The number of aliphatic hydroxyl groups excluding tert-OH is 1. The van der Waals surface area contributed by atoms with E-state index in [1.165, 1.54) is 0 Å². The van der Waals surface area contributed by atoms with Crippen LogP contribution in [0, 0.1) is 0 Å². The molecule has 5 nitrogen and oxygen atoms in total. The fourth-order valence-electron chi connectivity index (χ4n) is 1.90. The lowest BCUT2D eigenvalue weighted by Crippen LogP contribution is -2.41. The highest BCUT2D eigenvalue weighted by molar-refractivity contribution is 9.10. The van der Waals surface area contributed by atoms with E-state index in [-0.39, 0.29) is 19.1 Å². The van der Waals surface area contributed by atoms with E-state index >= 15 is 0 Å². The summed E-state index contributed by atoms with van der Waals surface area (Å²) in [5.74, 6) is 0.986. The van der Waals surface area contributed by atoms with Crippen LogP contribution >= 0.6 is 15.9 Å². The van der Waals surface area contributed by atoms with Gasteiger partial charge < -0.3 is 19.9 Å². The fourth-order valence-corrected chi connectivity index (χ4v) is 2.17. The first-order chi connectivity index (χ1) is 11.5. The highest BCUT2D eigenvalue weighted by Gasteiger charge is 2.16. The Morgan fingerprint density at radius 2 is 1.79 bits per heavy atom. The van der Waals surface area contributed by atoms with E-state index in [2.05, 4.69) is 21.2 Å². The summed E-state index contributed by atoms with van der Waals surface area (Å²) >= 11 is 3.34. The van der Waals surface area contributed by atoms with Crippen molar-refractivity contribution in [2.24, 2.45) is 0 Å². The third-order valence-electron chi connectivity index (χ3n) is 3.19. The molecule has 0 aromatic heterocycles. The molecule has 0 aliphatic heterocycles. The molecule has 2 rings (SSSR count). The monoisotopic (exact) mass is 393 g/mol. The van der Waals surface area contributed by atoms with Crippen molar-refractivity contribution in [2.45, 2.75) is 19.1 Å². The Morgan fingerprint density at radius 1 is 1.12 bits per heavy atom. The van der Waals surface area contributed by atoms with Crippen molar-refractivity contribution in [1.29, 1.82) is 0 Å². The van der Waals surface area contributed by atoms with Crippen LogP contribution in [0.2, 0.25) is 0 Å². The van der Waals surface area contributed by atoms with Crippen molar-refractivity contribution in [3.8, 4) is 11.5 Å². The Balaban J connectivity index is 1.70. The molecule has 24 heavy (non-hydrogen) atoms. The second-order valence-corrected chi connectivity index (χ2v) is 6.15. The summed E-state index contributed by atoms with van der Waals surface area (Å²) in [4.78, 5) is 12.0. The van der Waals surface area contributed by atoms with E-state index in [1.807, 2.05) is 30.3 Å². The first-order valence-corrected chi connectivity index (χ1v) is 8.40. The highest BCUT2D eigenvalue weighted by Crippen LogP contribution is 2.17. The topological polar surface area (TPSA) is 67.8 Å². The highest BCUT2D eigenvalue weighted by atomic mass is 79.9. The molecule has 0 spiro atoms. The molecule has 2 aromatic rings. The Bertz CT molecular complexity index is 633. The van der Waals surface area contributed by atoms with Crippen molar-refractivity contribution < 1.29 is 19.4 Å². The van der Waals surface area contributed by atoms with Crippen LogP contribution in [0.3, 0.4) is 0 Å². The van der Waals surface area contributed by atoms with Gasteiger partial charge in [0, 0.05) is 11.0 Å². The summed E-state index contributed by atoms with van der Waals surface area (Å²) in [6.07, 6.45) is -1.46. The van der Waals surface area contributed by atoms with Gasteiger partial charge in [0.25, 0.3) is 5.91 Å². The standard InChI is InChI=1S/C18H20BrNO4/c1-13(24-17-9-7-14(19)8-10-17)18(22)20-11-15(21)12-23-16-5-3-2-4-6-16/h2-10,13,15,21H,11-12H2,1H3,(H,20,22). The fraction of sp³-hybridized carbons (Fsp3) is 0.278. The van der Waals surface area contributed by atoms with Crippen LogP contribution in [0.1, 0.15) is 6.92 Å². The second kappa shape index (κ2) is 9.30. The van der Waals surface area contributed by atoms with Crippen molar-refractivity contribution in [1.82, 2.24) is 5.32 Å². The molecule has 2 N–H and O–H groups in total. The van der Waals surface area contributed by atoms with Gasteiger partial charge in [-0.25, -0.2) is 0 Å². The van der Waals surface area contributed by atoms with E-state index in [0.29, 0.717) is 11.5 Å². The van der Waals surface area contributed by atoms with Gasteiger partial charge in [0.1, 0.15) is 24.2 Å². The number of para-hydroxylation sites is 1. The summed E-state index contributed by atoms with van der Waals surface area (Å²) < 4.78 is 11.9. The van der Waals surface area contributed by atoms with E-state index in [4.69, 9.17) is 9.47 Å². The maximum Gasteiger partial charge on any atom is 0.260 e. The number of aliphatic hydroxyl groups is 1. The molecule has 0 radical (unpaired) electrons. The molecular formula is C18H20BrNO4. The first-order valence-electron chi connectivity index (χ1n) is 7.60. The third kappa shape index (κ3) is 6.22. The maximum atomic E-state index is 12.0. The molecular weight excluding hydrogens is 374 g/mol. The largest absolute Gasteiger partial charge is 0.491 e. The van der Waals surface area contributed by atoms with Crippen molar-refractivity contribution >= 4 is 21.8 Å². The second-order valence-electron chi connectivity index (χ2n) is 5.24. The third-order valence-corrected chi connectivity index (χ3v) is 3.72. The minimum Gasteiger partial charge on any atom is -0.491 e. The zero-order chi connectivity index (χ0) is 17.4. The van der Waals surface area contributed by atoms with Crippen molar-refractivity contribution in [3.05, 3.63) is 59.1 Å². The summed E-state index contributed by atoms with van der Waals surface area (Å²) in [5.41, 5.74) is 0. The summed E-state index contributed by atoms with van der Waals surface area (Å²) in [6.45, 7) is 1.86. The zero-order valence-electron chi connectivity index (χ0n) is 13.3. The predicted molar refractivity (Wildman–Crippen MR) is 95.2 cm³/mol. The van der Waals surface area contributed by atoms with Crippen molar-refractivity contribution in [2.75, 3.05) is 13.2 Å². The number of ether oxygens (including phenoxy) is 2. The molecule has 6 heteroatoms. The number of carbonyl (C=O) groups excluding carboxylic acids is 1. The molecule has 1 amide bonds. The van der Waals surface area contributed by atoms with Gasteiger partial charge in [-0.3, -0.25) is 4.79 Å². The predicted octanol–water partition coefficient (Wildman–Crippen LogP) is 2.77. The van der Waals surface area contributed by atoms with Gasteiger partial charge in [0.2, 0.25) is 0 Å². The molecule has 128 valence electrons. The average molecular weight is 394 g/mol. The van der Waals surface area contributed by atoms with Gasteiger partial charge in [-0.2, -0.15) is 0 Å². The normalized spacial score (nSPS) is 13.0. The number of rotatable bonds is 8. The number of hydrogen-bond acceptors (Lipinski definition) is 4. The average Bonchev–Trinajstić information content (AvgIpc) is 2.60. The minimum absolute atomic E-state index is 0.0969. The van der Waals surface area contributed by atoms with E-state index in [1.54, 1.807) is 31.2 Å². The summed E-state index contributed by atoms with van der Waals surface area (Å²) in [5, 5.41) is 12.5. The molecule has 0 heterocycles. The smallest absolute Gasteiger partial charge is 0.260 e. The molecule has 0 saturated heterocycles. The maximum absolute atomic E-state index is 12.0. The SMILES string of the molecule is CC(Oc1ccc(Br)cc1)C(=O)NCC(O)COc1ccccc1. The van der Waals surface area contributed by atoms with Gasteiger partial charge in [0.05, 0.1) is 0 Å². The first kappa shape index (κ1) is 18.3. The van der Waals surface area contributed by atoms with Crippen LogP contribution in [0.15, 0.2) is 59.1 Å². The van der Waals surface area contributed by atoms with E-state index in [0.717, 1.165) is 4.47 Å². The van der Waals surface area contributed by atoms with Crippen LogP contribution in [-0.2, 0) is 4.79 Å². The molecule has 2 unspecified atom stereocenters. The number of nitrogens with one attached hydrogen (secondary N) is 1. The number of benzene rings is 2. The van der Waals surface area contributed by atoms with Gasteiger partial charge >= 0.3 is 0 Å². The lowest BCUT2D eigenvalue weighted by molar-refractivity contribution is -0.127.